The van der Waals surface area contributed by atoms with Crippen molar-refractivity contribution in [2.45, 2.75) is 40.0 Å². The van der Waals surface area contributed by atoms with Crippen LogP contribution in [0, 0.1) is 13.8 Å². The quantitative estimate of drug-likeness (QED) is 0.730. The highest BCUT2D eigenvalue weighted by atomic mass is 79.9. The second-order valence-electron chi connectivity index (χ2n) is 4.79. The molecule has 0 fully saturated rings. The summed E-state index contributed by atoms with van der Waals surface area (Å²) in [5.41, 5.74) is 1.86. The Morgan fingerprint density at radius 1 is 1.40 bits per heavy atom. The van der Waals surface area contributed by atoms with Gasteiger partial charge in [0.2, 0.25) is 0 Å². The Bertz CT molecular complexity index is 477. The molecule has 5 heteroatoms. The molecule has 1 aromatic carbocycles. The SMILES string of the molecule is CCCCCNC(=O)COc1cc(C)c(Cl)c(C)c1Br. The van der Waals surface area contributed by atoms with Crippen LogP contribution in [0.3, 0.4) is 0 Å². The highest BCUT2D eigenvalue weighted by Crippen LogP contribution is 2.35. The molecule has 112 valence electrons. The van der Waals surface area contributed by atoms with E-state index in [1.165, 1.54) is 0 Å². The molecule has 1 aromatic rings. The molecule has 0 aliphatic carbocycles. The molecule has 1 amide bonds. The van der Waals surface area contributed by atoms with Crippen LogP contribution in [0.15, 0.2) is 10.5 Å². The molecule has 0 bridgehead atoms. The van der Waals surface area contributed by atoms with Gasteiger partial charge in [-0.15, -0.1) is 0 Å². The Morgan fingerprint density at radius 2 is 2.10 bits per heavy atom. The molecule has 0 heterocycles. The zero-order chi connectivity index (χ0) is 15.1. The average molecular weight is 363 g/mol. The number of unbranched alkanes of at least 4 members (excludes halogenated alkanes) is 2. The van der Waals surface area contributed by atoms with Crippen molar-refractivity contribution in [1.82, 2.24) is 5.32 Å². The number of halogens is 2. The normalized spacial score (nSPS) is 10.4. The number of carbonyl (C=O) groups is 1. The Morgan fingerprint density at radius 3 is 2.75 bits per heavy atom. The van der Waals surface area contributed by atoms with Crippen molar-refractivity contribution in [3.63, 3.8) is 0 Å². The molecule has 0 saturated carbocycles. The first-order valence-corrected chi connectivity index (χ1v) is 7.99. The third-order valence-corrected chi connectivity index (χ3v) is 4.60. The molecule has 3 nitrogen and oxygen atoms in total. The number of carbonyl (C=O) groups excluding carboxylic acids is 1. The fraction of sp³-hybridized carbons (Fsp3) is 0.533. The highest BCUT2D eigenvalue weighted by Gasteiger charge is 2.12. The van der Waals surface area contributed by atoms with Crippen LogP contribution in [-0.4, -0.2) is 19.1 Å². The van der Waals surface area contributed by atoms with Gasteiger partial charge in [-0.3, -0.25) is 4.79 Å². The lowest BCUT2D eigenvalue weighted by Crippen LogP contribution is -2.29. The van der Waals surface area contributed by atoms with Gasteiger partial charge in [-0.2, -0.15) is 0 Å². The van der Waals surface area contributed by atoms with E-state index in [1.54, 1.807) is 0 Å². The molecule has 0 aromatic heterocycles. The Kier molecular flexibility index (Phi) is 7.38. The maximum absolute atomic E-state index is 11.7. The van der Waals surface area contributed by atoms with E-state index in [1.807, 2.05) is 19.9 Å². The third kappa shape index (κ3) is 4.98. The largest absolute Gasteiger partial charge is 0.483 e. The lowest BCUT2D eigenvalue weighted by molar-refractivity contribution is -0.123. The van der Waals surface area contributed by atoms with Crippen molar-refractivity contribution in [3.8, 4) is 5.75 Å². The lowest BCUT2D eigenvalue weighted by atomic mass is 10.1. The fourth-order valence-electron chi connectivity index (χ4n) is 1.80. The number of rotatable bonds is 7. The smallest absolute Gasteiger partial charge is 0.257 e. The topological polar surface area (TPSA) is 38.3 Å². The number of hydrogen-bond donors (Lipinski definition) is 1. The first-order valence-electron chi connectivity index (χ1n) is 6.82. The second-order valence-corrected chi connectivity index (χ2v) is 5.96. The van der Waals surface area contributed by atoms with Crippen molar-refractivity contribution in [2.75, 3.05) is 13.2 Å². The number of ether oxygens (including phenoxy) is 1. The number of nitrogens with one attached hydrogen (secondary N) is 1. The minimum absolute atomic E-state index is 0.0191. The van der Waals surface area contributed by atoms with Crippen molar-refractivity contribution >= 4 is 33.4 Å². The van der Waals surface area contributed by atoms with Gasteiger partial charge in [0.1, 0.15) is 5.75 Å². The van der Waals surface area contributed by atoms with Gasteiger partial charge in [-0.1, -0.05) is 31.4 Å². The Labute approximate surface area is 134 Å². The first-order chi connectivity index (χ1) is 9.47. The Hall–Kier alpha value is -0.740. The molecule has 0 aliphatic rings. The molecule has 1 rings (SSSR count). The molecule has 0 atom stereocenters. The van der Waals surface area contributed by atoms with Crippen molar-refractivity contribution in [1.29, 1.82) is 0 Å². The monoisotopic (exact) mass is 361 g/mol. The zero-order valence-corrected chi connectivity index (χ0v) is 14.5. The van der Waals surface area contributed by atoms with Crippen LogP contribution in [0.25, 0.3) is 0 Å². The summed E-state index contributed by atoms with van der Waals surface area (Å²) >= 11 is 9.60. The van der Waals surface area contributed by atoms with Gasteiger partial charge in [0.05, 0.1) is 4.47 Å². The molecule has 0 saturated heterocycles. The van der Waals surface area contributed by atoms with Crippen LogP contribution in [0.2, 0.25) is 5.02 Å². The van der Waals surface area contributed by atoms with Crippen LogP contribution in [-0.2, 0) is 4.79 Å². The summed E-state index contributed by atoms with van der Waals surface area (Å²) in [4.78, 5) is 11.7. The predicted octanol–water partition coefficient (Wildman–Crippen LogP) is 4.40. The summed E-state index contributed by atoms with van der Waals surface area (Å²) in [6.45, 7) is 6.69. The number of amides is 1. The van der Waals surface area contributed by atoms with E-state index < -0.39 is 0 Å². The highest BCUT2D eigenvalue weighted by molar-refractivity contribution is 9.10. The maximum Gasteiger partial charge on any atom is 0.257 e. The molecule has 20 heavy (non-hydrogen) atoms. The van der Waals surface area contributed by atoms with Crippen molar-refractivity contribution < 1.29 is 9.53 Å². The minimum atomic E-state index is -0.0988. The third-order valence-electron chi connectivity index (χ3n) is 3.03. The summed E-state index contributed by atoms with van der Waals surface area (Å²) in [5.74, 6) is 0.548. The number of hydrogen-bond acceptors (Lipinski definition) is 2. The van der Waals surface area contributed by atoms with Crippen LogP contribution >= 0.6 is 27.5 Å². The lowest BCUT2D eigenvalue weighted by Gasteiger charge is -2.13. The zero-order valence-electron chi connectivity index (χ0n) is 12.2. The van der Waals surface area contributed by atoms with E-state index in [0.29, 0.717) is 17.3 Å². The molecule has 0 spiro atoms. The standard InChI is InChI=1S/C15H21BrClNO2/c1-4-5-6-7-18-13(19)9-20-12-8-10(2)15(17)11(3)14(12)16/h8H,4-7,9H2,1-3H3,(H,18,19). The molecular formula is C15H21BrClNO2. The molecule has 0 aliphatic heterocycles. The van der Waals surface area contributed by atoms with Gasteiger partial charge in [-0.05, 0) is 53.4 Å². The van der Waals surface area contributed by atoms with E-state index in [0.717, 1.165) is 34.9 Å². The number of benzene rings is 1. The van der Waals surface area contributed by atoms with Crippen molar-refractivity contribution in [3.05, 3.63) is 26.7 Å². The van der Waals surface area contributed by atoms with Crippen LogP contribution < -0.4 is 10.1 Å². The van der Waals surface area contributed by atoms with Crippen LogP contribution in [0.1, 0.15) is 37.3 Å². The van der Waals surface area contributed by atoms with E-state index >= 15 is 0 Å². The van der Waals surface area contributed by atoms with Gasteiger partial charge >= 0.3 is 0 Å². The van der Waals surface area contributed by atoms with Gasteiger partial charge in [0.25, 0.3) is 5.91 Å². The summed E-state index contributed by atoms with van der Waals surface area (Å²) in [6.07, 6.45) is 3.27. The summed E-state index contributed by atoms with van der Waals surface area (Å²) in [7, 11) is 0. The van der Waals surface area contributed by atoms with Crippen LogP contribution in [0.4, 0.5) is 0 Å². The van der Waals surface area contributed by atoms with E-state index in [2.05, 4.69) is 28.2 Å². The van der Waals surface area contributed by atoms with E-state index in [-0.39, 0.29) is 12.5 Å². The Balaban J connectivity index is 2.52. The fourth-order valence-corrected chi connectivity index (χ4v) is 2.49. The van der Waals surface area contributed by atoms with Crippen molar-refractivity contribution in [2.24, 2.45) is 0 Å². The average Bonchev–Trinajstić information content (AvgIpc) is 2.43. The predicted molar refractivity (Wildman–Crippen MR) is 86.7 cm³/mol. The van der Waals surface area contributed by atoms with Crippen LogP contribution in [0.5, 0.6) is 5.75 Å². The second kappa shape index (κ2) is 8.53. The summed E-state index contributed by atoms with van der Waals surface area (Å²) in [6, 6.07) is 1.84. The van der Waals surface area contributed by atoms with Gasteiger partial charge < -0.3 is 10.1 Å². The molecule has 0 radical (unpaired) electrons. The van der Waals surface area contributed by atoms with Gasteiger partial charge in [-0.25, -0.2) is 0 Å². The van der Waals surface area contributed by atoms with E-state index in [4.69, 9.17) is 16.3 Å². The van der Waals surface area contributed by atoms with Gasteiger partial charge in [0.15, 0.2) is 6.61 Å². The minimum Gasteiger partial charge on any atom is -0.483 e. The van der Waals surface area contributed by atoms with E-state index in [9.17, 15) is 4.79 Å². The summed E-state index contributed by atoms with van der Waals surface area (Å²) < 4.78 is 6.35. The first kappa shape index (κ1) is 17.3. The molecule has 1 N–H and O–H groups in total. The maximum atomic E-state index is 11.7. The summed E-state index contributed by atoms with van der Waals surface area (Å²) in [5, 5.41) is 3.56. The molecule has 0 unspecified atom stereocenters. The molecular weight excluding hydrogens is 342 g/mol. The van der Waals surface area contributed by atoms with Gasteiger partial charge in [0, 0.05) is 11.6 Å². The number of aryl methyl sites for hydroxylation is 1.